The molecule has 104 valence electrons. The van der Waals surface area contributed by atoms with Gasteiger partial charge < -0.3 is 9.47 Å². The Morgan fingerprint density at radius 1 is 1.28 bits per heavy atom. The second-order valence-corrected chi connectivity index (χ2v) is 5.51. The van der Waals surface area contributed by atoms with Gasteiger partial charge in [-0.15, -0.1) is 0 Å². The van der Waals surface area contributed by atoms with Crippen LogP contribution in [-0.2, 0) is 14.3 Å². The summed E-state index contributed by atoms with van der Waals surface area (Å²) in [6.07, 6.45) is 2.86. The molecule has 0 bridgehead atoms. The van der Waals surface area contributed by atoms with E-state index in [0.717, 1.165) is 52.2 Å². The van der Waals surface area contributed by atoms with E-state index in [0.29, 0.717) is 12.4 Å². The van der Waals surface area contributed by atoms with Gasteiger partial charge in [-0.3, -0.25) is 9.69 Å². The lowest BCUT2D eigenvalue weighted by molar-refractivity contribution is -0.142. The van der Waals surface area contributed by atoms with Gasteiger partial charge in [0.25, 0.3) is 0 Å². The van der Waals surface area contributed by atoms with Gasteiger partial charge in [0, 0.05) is 25.6 Å². The normalized spacial score (nSPS) is 29.8. The molecule has 2 unspecified atom stereocenters. The van der Waals surface area contributed by atoms with Crippen molar-refractivity contribution < 1.29 is 14.3 Å². The van der Waals surface area contributed by atoms with E-state index < -0.39 is 0 Å². The lowest BCUT2D eigenvalue weighted by atomic mass is 9.81. The highest BCUT2D eigenvalue weighted by Crippen LogP contribution is 2.28. The zero-order chi connectivity index (χ0) is 13.0. The highest BCUT2D eigenvalue weighted by molar-refractivity contribution is 5.90. The predicted molar refractivity (Wildman–Crippen MR) is 69.6 cm³/mol. The topological polar surface area (TPSA) is 38.8 Å². The molecule has 0 aliphatic carbocycles. The number of rotatable bonds is 4. The van der Waals surface area contributed by atoms with Crippen molar-refractivity contribution in [2.75, 3.05) is 39.5 Å². The smallest absolute Gasteiger partial charge is 0.158 e. The van der Waals surface area contributed by atoms with Crippen molar-refractivity contribution in [1.82, 2.24) is 4.90 Å². The molecule has 2 aliphatic rings. The molecular weight excluding hydrogens is 230 g/mol. The van der Waals surface area contributed by atoms with Crippen molar-refractivity contribution in [3.8, 4) is 0 Å². The molecule has 0 N–H and O–H groups in total. The van der Waals surface area contributed by atoms with E-state index in [2.05, 4.69) is 18.7 Å². The summed E-state index contributed by atoms with van der Waals surface area (Å²) < 4.78 is 10.9. The Kier molecular flexibility index (Phi) is 4.76. The van der Waals surface area contributed by atoms with Gasteiger partial charge in [0.2, 0.25) is 0 Å². The monoisotopic (exact) mass is 255 g/mol. The predicted octanol–water partition coefficient (Wildman–Crippen LogP) is 1.48. The first-order valence-corrected chi connectivity index (χ1v) is 7.13. The van der Waals surface area contributed by atoms with Crippen LogP contribution in [0.2, 0.25) is 0 Å². The Hall–Kier alpha value is -0.450. The fourth-order valence-electron chi connectivity index (χ4n) is 3.00. The Bertz CT molecular complexity index is 283. The molecule has 0 aromatic heterocycles. The number of hydrogen-bond acceptors (Lipinski definition) is 4. The van der Waals surface area contributed by atoms with Crippen molar-refractivity contribution in [1.29, 1.82) is 0 Å². The summed E-state index contributed by atoms with van der Waals surface area (Å²) in [6, 6.07) is 0. The summed E-state index contributed by atoms with van der Waals surface area (Å²) in [7, 11) is 0. The van der Waals surface area contributed by atoms with Crippen molar-refractivity contribution in [3.63, 3.8) is 0 Å². The molecular formula is C14H25NO3. The summed E-state index contributed by atoms with van der Waals surface area (Å²) in [5.41, 5.74) is -0.338. The van der Waals surface area contributed by atoms with Crippen LogP contribution in [0.5, 0.6) is 0 Å². The number of hydrogen-bond donors (Lipinski definition) is 0. The molecule has 4 nitrogen and oxygen atoms in total. The largest absolute Gasteiger partial charge is 0.381 e. The number of carbonyl (C=O) groups is 1. The molecule has 2 fully saturated rings. The minimum absolute atomic E-state index is 0.0894. The summed E-state index contributed by atoms with van der Waals surface area (Å²) in [4.78, 5) is 15.1. The Morgan fingerprint density at radius 2 is 2.00 bits per heavy atom. The van der Waals surface area contributed by atoms with Gasteiger partial charge in [-0.2, -0.15) is 0 Å². The maximum Gasteiger partial charge on any atom is 0.158 e. The van der Waals surface area contributed by atoms with Gasteiger partial charge in [-0.25, -0.2) is 0 Å². The molecule has 0 aromatic carbocycles. The van der Waals surface area contributed by atoms with Crippen LogP contribution in [0.15, 0.2) is 0 Å². The molecule has 2 heterocycles. The van der Waals surface area contributed by atoms with Crippen LogP contribution in [0.25, 0.3) is 0 Å². The Labute approximate surface area is 110 Å². The highest BCUT2D eigenvalue weighted by atomic mass is 16.5. The minimum Gasteiger partial charge on any atom is -0.381 e. The zero-order valence-electron chi connectivity index (χ0n) is 11.6. The fraction of sp³-hybridized carbons (Fsp3) is 0.929. The molecule has 2 atom stereocenters. The number of ether oxygens (including phenoxy) is 2. The van der Waals surface area contributed by atoms with Gasteiger partial charge >= 0.3 is 0 Å². The molecule has 2 aliphatic heterocycles. The van der Waals surface area contributed by atoms with Crippen LogP contribution in [0.4, 0.5) is 0 Å². The van der Waals surface area contributed by atoms with Gasteiger partial charge in [0.1, 0.15) is 0 Å². The fourth-order valence-corrected chi connectivity index (χ4v) is 3.00. The van der Waals surface area contributed by atoms with Crippen molar-refractivity contribution in [2.45, 2.75) is 38.6 Å². The van der Waals surface area contributed by atoms with E-state index >= 15 is 0 Å². The number of Topliss-reactive ketones (excluding diaryl/α,β-unsaturated/α-hetero) is 1. The first-order valence-electron chi connectivity index (χ1n) is 7.13. The molecule has 0 aromatic rings. The Morgan fingerprint density at radius 3 is 2.56 bits per heavy atom. The van der Waals surface area contributed by atoms with E-state index in [1.165, 1.54) is 0 Å². The molecule has 2 rings (SSSR count). The summed E-state index contributed by atoms with van der Waals surface area (Å²) in [5.74, 6) is 0.457. The third-order valence-corrected chi connectivity index (χ3v) is 4.46. The lowest BCUT2D eigenvalue weighted by Crippen LogP contribution is -2.58. The lowest BCUT2D eigenvalue weighted by Gasteiger charge is -2.43. The third-order valence-electron chi connectivity index (χ3n) is 4.46. The van der Waals surface area contributed by atoms with Gasteiger partial charge in [-0.05, 0) is 26.2 Å². The maximum absolute atomic E-state index is 12.8. The van der Waals surface area contributed by atoms with E-state index in [-0.39, 0.29) is 11.5 Å². The number of morpholine rings is 1. The second-order valence-electron chi connectivity index (χ2n) is 5.51. The Balaban J connectivity index is 2.06. The third kappa shape index (κ3) is 2.76. The van der Waals surface area contributed by atoms with Gasteiger partial charge in [0.05, 0.1) is 25.4 Å². The van der Waals surface area contributed by atoms with Gasteiger partial charge in [-0.1, -0.05) is 6.92 Å². The molecule has 2 saturated heterocycles. The molecule has 18 heavy (non-hydrogen) atoms. The van der Waals surface area contributed by atoms with Crippen molar-refractivity contribution >= 4 is 5.78 Å². The van der Waals surface area contributed by atoms with Crippen molar-refractivity contribution in [3.05, 3.63) is 0 Å². The van der Waals surface area contributed by atoms with Crippen LogP contribution < -0.4 is 0 Å². The molecule has 0 saturated carbocycles. The number of ketones is 1. The van der Waals surface area contributed by atoms with Crippen LogP contribution in [0.1, 0.15) is 33.1 Å². The minimum atomic E-state index is -0.338. The van der Waals surface area contributed by atoms with E-state index in [4.69, 9.17) is 9.47 Å². The SMILES string of the molecule is CCC(C)(C(=O)C1CCCOC1)N1CCOCC1. The summed E-state index contributed by atoms with van der Waals surface area (Å²) >= 11 is 0. The highest BCUT2D eigenvalue weighted by Gasteiger charge is 2.42. The van der Waals surface area contributed by atoms with Crippen molar-refractivity contribution in [2.24, 2.45) is 5.92 Å². The van der Waals surface area contributed by atoms with Crippen LogP contribution in [0, 0.1) is 5.92 Å². The summed E-state index contributed by atoms with van der Waals surface area (Å²) in [6.45, 7) is 8.83. The zero-order valence-corrected chi connectivity index (χ0v) is 11.6. The quantitative estimate of drug-likeness (QED) is 0.763. The average molecular weight is 255 g/mol. The van der Waals surface area contributed by atoms with E-state index in [1.54, 1.807) is 0 Å². The first-order chi connectivity index (χ1) is 8.68. The average Bonchev–Trinajstić information content (AvgIpc) is 2.47. The molecule has 0 spiro atoms. The van der Waals surface area contributed by atoms with Crippen LogP contribution in [-0.4, -0.2) is 55.7 Å². The molecule has 0 amide bonds. The first kappa shape index (κ1) is 14.0. The number of nitrogens with zero attached hydrogens (tertiary/aromatic N) is 1. The van der Waals surface area contributed by atoms with E-state index in [1.807, 2.05) is 0 Å². The molecule has 0 radical (unpaired) electrons. The molecule has 4 heteroatoms. The summed E-state index contributed by atoms with van der Waals surface area (Å²) in [5, 5.41) is 0. The second kappa shape index (κ2) is 6.13. The van der Waals surface area contributed by atoms with E-state index in [9.17, 15) is 4.79 Å². The van der Waals surface area contributed by atoms with Crippen LogP contribution >= 0.6 is 0 Å². The van der Waals surface area contributed by atoms with Crippen LogP contribution in [0.3, 0.4) is 0 Å². The maximum atomic E-state index is 12.8. The standard InChI is InChI=1S/C14H25NO3/c1-3-14(2,15-6-9-17-10-7-15)13(16)12-5-4-8-18-11-12/h12H,3-11H2,1-2H3. The van der Waals surface area contributed by atoms with Gasteiger partial charge in [0.15, 0.2) is 5.78 Å². The number of carbonyl (C=O) groups excluding carboxylic acids is 1.